The van der Waals surface area contributed by atoms with Crippen molar-refractivity contribution in [3.8, 4) is 0 Å². The molecule has 3 atom stereocenters. The van der Waals surface area contributed by atoms with Gasteiger partial charge in [-0.1, -0.05) is 20.8 Å². The Morgan fingerprint density at radius 1 is 1.19 bits per heavy atom. The standard InChI is InChI=1S/C19H38O6Si/c1-17(2,3)26(5,6)24-16-8-10-19(14-20,25-21)15(13-16)7-9-18(4)22-11-12-23-18/h15-16,20-21H,7-14H2,1-6H3/t15-,16+,19?/m0/s1. The average molecular weight is 391 g/mol. The molecule has 0 bridgehead atoms. The van der Waals surface area contributed by atoms with Gasteiger partial charge in [-0.15, -0.1) is 0 Å². The van der Waals surface area contributed by atoms with E-state index in [1.165, 1.54) is 0 Å². The van der Waals surface area contributed by atoms with Gasteiger partial charge >= 0.3 is 0 Å². The molecule has 7 heteroatoms. The largest absolute Gasteiger partial charge is 0.414 e. The molecule has 0 amide bonds. The Morgan fingerprint density at radius 3 is 2.31 bits per heavy atom. The van der Waals surface area contributed by atoms with Crippen LogP contribution in [0, 0.1) is 5.92 Å². The molecule has 1 unspecified atom stereocenters. The van der Waals surface area contributed by atoms with E-state index in [0.717, 1.165) is 19.3 Å². The van der Waals surface area contributed by atoms with Gasteiger partial charge < -0.3 is 19.0 Å². The van der Waals surface area contributed by atoms with Crippen molar-refractivity contribution < 1.29 is 29.2 Å². The van der Waals surface area contributed by atoms with Crippen LogP contribution >= 0.6 is 0 Å². The highest BCUT2D eigenvalue weighted by Gasteiger charge is 2.48. The molecule has 0 spiro atoms. The summed E-state index contributed by atoms with van der Waals surface area (Å²) in [4.78, 5) is 4.86. The average Bonchev–Trinajstić information content (AvgIpc) is 2.99. The molecule has 6 nitrogen and oxygen atoms in total. The molecular weight excluding hydrogens is 352 g/mol. The van der Waals surface area contributed by atoms with E-state index in [2.05, 4.69) is 33.9 Å². The van der Waals surface area contributed by atoms with Crippen LogP contribution in [0.4, 0.5) is 0 Å². The number of aliphatic hydroxyl groups is 1. The van der Waals surface area contributed by atoms with Crippen molar-refractivity contribution >= 4 is 8.32 Å². The molecule has 1 saturated carbocycles. The second-order valence-corrected chi connectivity index (χ2v) is 14.4. The van der Waals surface area contributed by atoms with E-state index < -0.39 is 19.7 Å². The molecule has 0 aromatic carbocycles. The van der Waals surface area contributed by atoms with Gasteiger partial charge in [-0.3, -0.25) is 5.26 Å². The maximum atomic E-state index is 9.94. The van der Waals surface area contributed by atoms with Gasteiger partial charge in [-0.25, -0.2) is 4.89 Å². The summed E-state index contributed by atoms with van der Waals surface area (Å²) < 4.78 is 18.0. The van der Waals surface area contributed by atoms with Crippen LogP contribution in [-0.2, 0) is 18.8 Å². The monoisotopic (exact) mass is 390 g/mol. The van der Waals surface area contributed by atoms with Crippen LogP contribution in [-0.4, -0.2) is 56.0 Å². The SMILES string of the molecule is CC1(CC[C@H]2C[C@H](O[Si](C)(C)C(C)(C)C)CCC2(CO)OO)OCCO1. The topological polar surface area (TPSA) is 77.4 Å². The molecule has 0 radical (unpaired) electrons. The van der Waals surface area contributed by atoms with Crippen LogP contribution in [0.2, 0.25) is 18.1 Å². The fourth-order valence-corrected chi connectivity index (χ4v) is 5.24. The van der Waals surface area contributed by atoms with E-state index in [4.69, 9.17) is 18.8 Å². The van der Waals surface area contributed by atoms with Crippen molar-refractivity contribution in [1.82, 2.24) is 0 Å². The molecule has 0 aromatic heterocycles. The van der Waals surface area contributed by atoms with Crippen molar-refractivity contribution in [3.05, 3.63) is 0 Å². The number of hydrogen-bond acceptors (Lipinski definition) is 6. The summed E-state index contributed by atoms with van der Waals surface area (Å²) in [7, 11) is -1.87. The number of ether oxygens (including phenoxy) is 2. The van der Waals surface area contributed by atoms with Crippen LogP contribution < -0.4 is 0 Å². The lowest BCUT2D eigenvalue weighted by Crippen LogP contribution is -2.52. The zero-order chi connectivity index (χ0) is 19.6. The highest BCUT2D eigenvalue weighted by Crippen LogP contribution is 2.45. The van der Waals surface area contributed by atoms with Crippen molar-refractivity contribution in [2.45, 2.75) is 95.4 Å². The molecule has 1 heterocycles. The van der Waals surface area contributed by atoms with Crippen LogP contribution in [0.15, 0.2) is 0 Å². The minimum Gasteiger partial charge on any atom is -0.414 e. The maximum Gasteiger partial charge on any atom is 0.192 e. The van der Waals surface area contributed by atoms with Gasteiger partial charge in [0, 0.05) is 12.5 Å². The normalized spacial score (nSPS) is 32.8. The third-order valence-electron chi connectivity index (χ3n) is 6.74. The number of aliphatic hydroxyl groups excluding tert-OH is 1. The van der Waals surface area contributed by atoms with Gasteiger partial charge in [0.15, 0.2) is 14.1 Å². The molecule has 154 valence electrons. The molecule has 1 aliphatic heterocycles. The summed E-state index contributed by atoms with van der Waals surface area (Å²) in [5.74, 6) is -0.588. The second kappa shape index (κ2) is 8.15. The summed E-state index contributed by atoms with van der Waals surface area (Å²) in [6.07, 6.45) is 3.72. The molecule has 2 aliphatic rings. The summed E-state index contributed by atoms with van der Waals surface area (Å²) >= 11 is 0. The minimum atomic E-state index is -1.87. The van der Waals surface area contributed by atoms with Crippen molar-refractivity contribution in [3.63, 3.8) is 0 Å². The summed E-state index contributed by atoms with van der Waals surface area (Å²) in [5, 5.41) is 19.7. The van der Waals surface area contributed by atoms with Gasteiger partial charge in [-0.05, 0) is 56.7 Å². The van der Waals surface area contributed by atoms with Crippen molar-refractivity contribution in [1.29, 1.82) is 0 Å². The molecule has 2 rings (SSSR count). The Kier molecular flexibility index (Phi) is 6.98. The Morgan fingerprint density at radius 2 is 1.81 bits per heavy atom. The van der Waals surface area contributed by atoms with E-state index in [0.29, 0.717) is 26.1 Å². The third-order valence-corrected chi connectivity index (χ3v) is 11.3. The lowest BCUT2D eigenvalue weighted by molar-refractivity contribution is -0.356. The molecule has 1 aliphatic carbocycles. The van der Waals surface area contributed by atoms with Crippen molar-refractivity contribution in [2.24, 2.45) is 5.92 Å². The zero-order valence-corrected chi connectivity index (χ0v) is 18.3. The number of rotatable bonds is 7. The molecule has 2 fully saturated rings. The molecule has 1 saturated heterocycles. The summed E-state index contributed by atoms with van der Waals surface area (Å²) in [6.45, 7) is 14.2. The highest BCUT2D eigenvalue weighted by molar-refractivity contribution is 6.74. The fourth-order valence-electron chi connectivity index (χ4n) is 3.84. The Balaban J connectivity index is 2.06. The van der Waals surface area contributed by atoms with Gasteiger partial charge in [0.2, 0.25) is 0 Å². The molecular formula is C19H38O6Si. The van der Waals surface area contributed by atoms with Crippen LogP contribution in [0.1, 0.15) is 59.8 Å². The van der Waals surface area contributed by atoms with Crippen molar-refractivity contribution in [2.75, 3.05) is 19.8 Å². The van der Waals surface area contributed by atoms with Crippen LogP contribution in [0.3, 0.4) is 0 Å². The first-order chi connectivity index (χ1) is 12.0. The predicted molar refractivity (Wildman–Crippen MR) is 102 cm³/mol. The van der Waals surface area contributed by atoms with E-state index in [1.807, 2.05) is 6.92 Å². The first-order valence-electron chi connectivity index (χ1n) is 9.86. The van der Waals surface area contributed by atoms with Crippen LogP contribution in [0.25, 0.3) is 0 Å². The van der Waals surface area contributed by atoms with Gasteiger partial charge in [0.05, 0.1) is 19.8 Å². The quantitative estimate of drug-likeness (QED) is 0.389. The second-order valence-electron chi connectivity index (χ2n) is 9.66. The van der Waals surface area contributed by atoms with E-state index in [-0.39, 0.29) is 23.7 Å². The Hall–Kier alpha value is -0.0231. The Bertz CT molecular complexity index is 451. The van der Waals surface area contributed by atoms with E-state index in [9.17, 15) is 10.4 Å². The van der Waals surface area contributed by atoms with Crippen LogP contribution in [0.5, 0.6) is 0 Å². The van der Waals surface area contributed by atoms with Gasteiger partial charge in [0.1, 0.15) is 5.60 Å². The first-order valence-corrected chi connectivity index (χ1v) is 12.8. The lowest BCUT2D eigenvalue weighted by Gasteiger charge is -2.47. The highest BCUT2D eigenvalue weighted by atomic mass is 28.4. The maximum absolute atomic E-state index is 9.94. The molecule has 0 aromatic rings. The summed E-state index contributed by atoms with van der Waals surface area (Å²) in [5.41, 5.74) is -0.914. The fraction of sp³-hybridized carbons (Fsp3) is 1.00. The lowest BCUT2D eigenvalue weighted by atomic mass is 9.72. The van der Waals surface area contributed by atoms with E-state index >= 15 is 0 Å². The molecule has 26 heavy (non-hydrogen) atoms. The zero-order valence-electron chi connectivity index (χ0n) is 17.3. The Labute approximate surface area is 159 Å². The van der Waals surface area contributed by atoms with E-state index in [1.54, 1.807) is 0 Å². The van der Waals surface area contributed by atoms with Gasteiger partial charge in [-0.2, -0.15) is 0 Å². The third kappa shape index (κ3) is 4.87. The minimum absolute atomic E-state index is 0.00866. The number of hydrogen-bond donors (Lipinski definition) is 2. The van der Waals surface area contributed by atoms with Gasteiger partial charge in [0.25, 0.3) is 0 Å². The molecule has 2 N–H and O–H groups in total. The summed E-state index contributed by atoms with van der Waals surface area (Å²) in [6, 6.07) is 0. The predicted octanol–water partition coefficient (Wildman–Crippen LogP) is 3.94. The first kappa shape index (κ1) is 22.3. The smallest absolute Gasteiger partial charge is 0.192 e.